The molecule has 0 saturated carbocycles. The number of hydrogen-bond acceptors (Lipinski definition) is 3. The van der Waals surface area contributed by atoms with Crippen molar-refractivity contribution in [2.24, 2.45) is 5.73 Å². The Labute approximate surface area is 208 Å². The minimum Gasteiger partial charge on any atom is -0.361 e. The van der Waals surface area contributed by atoms with Gasteiger partial charge >= 0.3 is 0 Å². The molecule has 2 aromatic carbocycles. The maximum Gasteiger partial charge on any atom is 0.137 e. The third-order valence-electron chi connectivity index (χ3n) is 6.68. The van der Waals surface area contributed by atoms with Crippen LogP contribution in [0.1, 0.15) is 16.8 Å². The van der Waals surface area contributed by atoms with E-state index in [1.807, 2.05) is 40.9 Å². The largest absolute Gasteiger partial charge is 0.361 e. The summed E-state index contributed by atoms with van der Waals surface area (Å²) in [7, 11) is 0. The number of nitrogens with zero attached hydrogens (tertiary/aromatic N) is 3. The molecule has 4 heterocycles. The molecule has 4 aromatic heterocycles. The van der Waals surface area contributed by atoms with Crippen molar-refractivity contribution in [3.8, 4) is 22.4 Å². The zero-order valence-corrected chi connectivity index (χ0v) is 19.9. The molecule has 0 radical (unpaired) electrons. The van der Waals surface area contributed by atoms with Crippen LogP contribution in [0.4, 0.5) is 4.39 Å². The van der Waals surface area contributed by atoms with Gasteiger partial charge in [-0.15, -0.1) is 0 Å². The van der Waals surface area contributed by atoms with Gasteiger partial charge in [0.2, 0.25) is 0 Å². The minimum atomic E-state index is -0.216. The van der Waals surface area contributed by atoms with Gasteiger partial charge in [-0.3, -0.25) is 4.98 Å². The van der Waals surface area contributed by atoms with Gasteiger partial charge in [0, 0.05) is 64.8 Å². The van der Waals surface area contributed by atoms with Crippen molar-refractivity contribution in [3.63, 3.8) is 0 Å². The van der Waals surface area contributed by atoms with Gasteiger partial charge < -0.3 is 15.1 Å². The zero-order valence-electron chi connectivity index (χ0n) is 19.9. The Kier molecular flexibility index (Phi) is 5.58. The number of aryl methyl sites for hydroxylation is 1. The highest BCUT2D eigenvalue weighted by Crippen LogP contribution is 2.31. The molecule has 0 aliphatic heterocycles. The first kappa shape index (κ1) is 22.2. The Hall–Kier alpha value is -4.29. The van der Waals surface area contributed by atoms with E-state index >= 15 is 0 Å². The highest BCUT2D eigenvalue weighted by Gasteiger charge is 2.14. The monoisotopic (exact) mass is 475 g/mol. The molecule has 0 amide bonds. The van der Waals surface area contributed by atoms with E-state index in [0.29, 0.717) is 12.0 Å². The number of rotatable bonds is 6. The van der Waals surface area contributed by atoms with Gasteiger partial charge in [0.1, 0.15) is 11.5 Å². The number of nitrogens with two attached hydrogens (primary N) is 1. The predicted molar refractivity (Wildman–Crippen MR) is 142 cm³/mol. The van der Waals surface area contributed by atoms with Crippen LogP contribution in [0, 0.1) is 12.7 Å². The lowest BCUT2D eigenvalue weighted by molar-refractivity contribution is 0.619. The quantitative estimate of drug-likeness (QED) is 0.306. The van der Waals surface area contributed by atoms with E-state index in [1.54, 1.807) is 19.2 Å². The molecule has 6 aromatic rings. The van der Waals surface area contributed by atoms with Crippen molar-refractivity contribution in [2.45, 2.75) is 25.8 Å². The molecule has 6 rings (SSSR count). The summed E-state index contributed by atoms with van der Waals surface area (Å²) >= 11 is 0. The van der Waals surface area contributed by atoms with E-state index in [2.05, 4.69) is 46.6 Å². The topological polar surface area (TPSA) is 72.0 Å². The Bertz CT molecular complexity index is 1700. The van der Waals surface area contributed by atoms with Crippen LogP contribution in [0.3, 0.4) is 0 Å². The molecule has 5 nitrogen and oxygen atoms in total. The van der Waals surface area contributed by atoms with Crippen LogP contribution in [-0.2, 0) is 12.8 Å². The summed E-state index contributed by atoms with van der Waals surface area (Å²) in [6.45, 7) is 1.77. The maximum absolute atomic E-state index is 13.8. The van der Waals surface area contributed by atoms with E-state index < -0.39 is 0 Å². The molecule has 3 N–H and O–H groups in total. The normalized spacial score (nSPS) is 12.4. The third-order valence-corrected chi connectivity index (χ3v) is 6.68. The Morgan fingerprint density at radius 3 is 2.72 bits per heavy atom. The van der Waals surface area contributed by atoms with Crippen LogP contribution >= 0.6 is 0 Å². The van der Waals surface area contributed by atoms with Crippen molar-refractivity contribution in [2.75, 3.05) is 0 Å². The average molecular weight is 476 g/mol. The van der Waals surface area contributed by atoms with E-state index in [9.17, 15) is 4.39 Å². The van der Waals surface area contributed by atoms with E-state index in [-0.39, 0.29) is 11.9 Å². The number of fused-ring (bicyclic) bond motifs is 2. The third kappa shape index (κ3) is 4.16. The summed E-state index contributed by atoms with van der Waals surface area (Å²) in [6.07, 6.45) is 9.39. The van der Waals surface area contributed by atoms with Gasteiger partial charge in [0.25, 0.3) is 0 Å². The molecule has 36 heavy (non-hydrogen) atoms. The van der Waals surface area contributed by atoms with Gasteiger partial charge in [0.05, 0.1) is 11.4 Å². The Balaban J connectivity index is 1.27. The lowest BCUT2D eigenvalue weighted by Crippen LogP contribution is -2.25. The highest BCUT2D eigenvalue weighted by atomic mass is 19.1. The first-order valence-corrected chi connectivity index (χ1v) is 12.1. The summed E-state index contributed by atoms with van der Waals surface area (Å²) in [5, 5.41) is 1.22. The minimum absolute atomic E-state index is 0.0415. The summed E-state index contributed by atoms with van der Waals surface area (Å²) < 4.78 is 15.9. The molecule has 178 valence electrons. The Morgan fingerprint density at radius 2 is 1.83 bits per heavy atom. The van der Waals surface area contributed by atoms with E-state index in [1.165, 1.54) is 17.0 Å². The number of benzene rings is 2. The number of nitrogens with one attached hydrogen (secondary N) is 1. The number of pyridine rings is 2. The summed E-state index contributed by atoms with van der Waals surface area (Å²) in [6, 6.07) is 21.4. The molecule has 0 aliphatic rings. The fraction of sp³-hybridized carbons (Fsp3) is 0.133. The standard InChI is InChI=1S/C30H26FN5/c1-19-13-20(8-10-27(19)31)30-26(6-4-12-33-30)21-9-11-29-35-24(18-36(29)17-21)15-23(32)14-22-16-34-28-7-3-2-5-25(22)28/h2-13,16-18,23,34H,14-15,32H2,1H3/t23-/m0/s1. The second kappa shape index (κ2) is 9.06. The molecular weight excluding hydrogens is 449 g/mol. The Morgan fingerprint density at radius 1 is 0.972 bits per heavy atom. The van der Waals surface area contributed by atoms with Crippen molar-refractivity contribution < 1.29 is 4.39 Å². The molecule has 0 bridgehead atoms. The fourth-order valence-electron chi connectivity index (χ4n) is 4.89. The maximum atomic E-state index is 13.8. The second-order valence-electron chi connectivity index (χ2n) is 9.31. The van der Waals surface area contributed by atoms with Crippen LogP contribution in [0.5, 0.6) is 0 Å². The van der Waals surface area contributed by atoms with Gasteiger partial charge in [0.15, 0.2) is 0 Å². The molecule has 0 saturated heterocycles. The molecule has 0 spiro atoms. The van der Waals surface area contributed by atoms with Crippen LogP contribution in [0.25, 0.3) is 38.9 Å². The van der Waals surface area contributed by atoms with Crippen molar-refractivity contribution in [1.29, 1.82) is 0 Å². The molecular formula is C30H26FN5. The molecule has 0 fully saturated rings. The second-order valence-corrected chi connectivity index (χ2v) is 9.31. The number of H-pyrrole nitrogens is 1. The van der Waals surface area contributed by atoms with Crippen molar-refractivity contribution in [1.82, 2.24) is 19.4 Å². The SMILES string of the molecule is Cc1cc(-c2ncccc2-c2ccc3nc(C[C@@H](N)Cc4c[nH]c5ccccc45)cn3c2)ccc1F. The smallest absolute Gasteiger partial charge is 0.137 e. The van der Waals surface area contributed by atoms with E-state index in [0.717, 1.165) is 45.7 Å². The predicted octanol–water partition coefficient (Wildman–Crippen LogP) is 6.10. The van der Waals surface area contributed by atoms with Crippen LogP contribution < -0.4 is 5.73 Å². The zero-order chi connectivity index (χ0) is 24.6. The van der Waals surface area contributed by atoms with Crippen molar-refractivity contribution in [3.05, 3.63) is 114 Å². The molecule has 0 unspecified atom stereocenters. The number of para-hydroxylation sites is 1. The lowest BCUT2D eigenvalue weighted by Gasteiger charge is -2.10. The van der Waals surface area contributed by atoms with Gasteiger partial charge in [-0.2, -0.15) is 0 Å². The molecule has 6 heteroatoms. The van der Waals surface area contributed by atoms with Crippen LogP contribution in [0.15, 0.2) is 91.5 Å². The lowest BCUT2D eigenvalue weighted by atomic mass is 9.99. The summed E-state index contributed by atoms with van der Waals surface area (Å²) in [4.78, 5) is 12.7. The first-order valence-electron chi connectivity index (χ1n) is 12.1. The van der Waals surface area contributed by atoms with Crippen molar-refractivity contribution >= 4 is 16.6 Å². The fourth-order valence-corrected chi connectivity index (χ4v) is 4.89. The number of halogens is 1. The first-order chi connectivity index (χ1) is 17.5. The number of aromatic amines is 1. The van der Waals surface area contributed by atoms with Gasteiger partial charge in [-0.25, -0.2) is 9.37 Å². The number of imidazole rings is 1. The highest BCUT2D eigenvalue weighted by molar-refractivity contribution is 5.83. The number of hydrogen-bond donors (Lipinski definition) is 2. The van der Waals surface area contributed by atoms with Crippen LogP contribution in [0.2, 0.25) is 0 Å². The number of aromatic nitrogens is 4. The van der Waals surface area contributed by atoms with Gasteiger partial charge in [-0.05, 0) is 66.9 Å². The van der Waals surface area contributed by atoms with Gasteiger partial charge in [-0.1, -0.05) is 24.3 Å². The molecule has 0 aliphatic carbocycles. The summed E-state index contributed by atoms with van der Waals surface area (Å²) in [5.74, 6) is -0.216. The average Bonchev–Trinajstić information content (AvgIpc) is 3.48. The molecule has 1 atom stereocenters. The van der Waals surface area contributed by atoms with Crippen LogP contribution in [-0.4, -0.2) is 25.4 Å². The summed E-state index contributed by atoms with van der Waals surface area (Å²) in [5.41, 5.74) is 15.0. The van der Waals surface area contributed by atoms with E-state index in [4.69, 9.17) is 10.7 Å².